The second kappa shape index (κ2) is 9.13. The molecule has 0 aliphatic carbocycles. The van der Waals surface area contributed by atoms with E-state index in [0.29, 0.717) is 33.2 Å². The number of benzene rings is 3. The fourth-order valence-electron chi connectivity index (χ4n) is 2.86. The van der Waals surface area contributed by atoms with E-state index in [9.17, 15) is 14.3 Å². The average Bonchev–Trinajstić information content (AvgIpc) is 2.68. The van der Waals surface area contributed by atoms with Gasteiger partial charge in [-0.15, -0.1) is 0 Å². The maximum Gasteiger partial charge on any atom is 0.344 e. The molecule has 0 spiro atoms. The summed E-state index contributed by atoms with van der Waals surface area (Å²) in [6.07, 6.45) is -0.709. The van der Waals surface area contributed by atoms with Crippen molar-refractivity contribution in [3.63, 3.8) is 0 Å². The molecular formula is C22H16Cl3FO4. The minimum Gasteiger partial charge on any atom is -0.507 e. The van der Waals surface area contributed by atoms with Crippen LogP contribution < -0.4 is 4.74 Å². The highest BCUT2D eigenvalue weighted by Crippen LogP contribution is 2.36. The molecule has 0 aliphatic rings. The van der Waals surface area contributed by atoms with E-state index in [-0.39, 0.29) is 16.5 Å². The lowest BCUT2D eigenvalue weighted by Gasteiger charge is -2.14. The molecule has 1 atom stereocenters. The average molecular weight is 470 g/mol. The van der Waals surface area contributed by atoms with Crippen molar-refractivity contribution in [2.45, 2.75) is 19.4 Å². The first kappa shape index (κ1) is 22.2. The molecule has 30 heavy (non-hydrogen) atoms. The standard InChI is InChI=1S/C22H16Cl3FO4/c1-11(22(28)29)30-14-9-17(23)16(18(24)10-14)7-12-2-5-21(27)15(6-12)13-3-4-20(26)19(25)8-13/h2-6,8-11,27H,7H2,1H3,(H,28,29). The van der Waals surface area contributed by atoms with Crippen LogP contribution in [0.4, 0.5) is 4.39 Å². The number of ether oxygens (including phenoxy) is 1. The third kappa shape index (κ3) is 4.98. The van der Waals surface area contributed by atoms with E-state index in [1.807, 2.05) is 0 Å². The third-order valence-corrected chi connectivity index (χ3v) is 5.41. The molecule has 0 aromatic heterocycles. The zero-order valence-electron chi connectivity index (χ0n) is 15.6. The number of hydrogen-bond donors (Lipinski definition) is 2. The molecule has 3 aromatic rings. The van der Waals surface area contributed by atoms with Gasteiger partial charge in [0.1, 0.15) is 17.3 Å². The fourth-order valence-corrected chi connectivity index (χ4v) is 3.64. The zero-order valence-corrected chi connectivity index (χ0v) is 17.9. The van der Waals surface area contributed by atoms with Crippen molar-refractivity contribution in [3.05, 3.63) is 80.5 Å². The molecule has 0 amide bonds. The highest BCUT2D eigenvalue weighted by atomic mass is 35.5. The van der Waals surface area contributed by atoms with Crippen molar-refractivity contribution >= 4 is 40.8 Å². The SMILES string of the molecule is CC(Oc1cc(Cl)c(Cc2ccc(O)c(-c3ccc(F)c(Cl)c3)c2)c(Cl)c1)C(=O)O. The Morgan fingerprint density at radius 2 is 1.70 bits per heavy atom. The van der Waals surface area contributed by atoms with Crippen LogP contribution in [0, 0.1) is 5.82 Å². The number of carboxylic acids is 1. The molecule has 0 aliphatic heterocycles. The van der Waals surface area contributed by atoms with E-state index < -0.39 is 17.9 Å². The van der Waals surface area contributed by atoms with Crippen LogP contribution in [0.1, 0.15) is 18.1 Å². The molecule has 3 aromatic carbocycles. The Hall–Kier alpha value is -2.47. The summed E-state index contributed by atoms with van der Waals surface area (Å²) in [6.45, 7) is 1.40. The first-order valence-corrected chi connectivity index (χ1v) is 9.93. The Bertz CT molecular complexity index is 1090. The minimum absolute atomic E-state index is 0.0185. The minimum atomic E-state index is -1.11. The zero-order chi connectivity index (χ0) is 22.0. The molecule has 0 radical (unpaired) electrons. The smallest absolute Gasteiger partial charge is 0.344 e. The van der Waals surface area contributed by atoms with Gasteiger partial charge in [0.25, 0.3) is 0 Å². The molecular weight excluding hydrogens is 454 g/mol. The van der Waals surface area contributed by atoms with E-state index in [1.54, 1.807) is 12.1 Å². The van der Waals surface area contributed by atoms with Gasteiger partial charge in [-0.1, -0.05) is 46.9 Å². The Morgan fingerprint density at radius 3 is 2.30 bits per heavy atom. The van der Waals surface area contributed by atoms with Crippen LogP contribution in [-0.4, -0.2) is 22.3 Å². The topological polar surface area (TPSA) is 66.8 Å². The Morgan fingerprint density at radius 1 is 1.03 bits per heavy atom. The van der Waals surface area contributed by atoms with Crippen molar-refractivity contribution < 1.29 is 24.1 Å². The number of hydrogen-bond acceptors (Lipinski definition) is 3. The highest BCUT2D eigenvalue weighted by molar-refractivity contribution is 6.36. The molecule has 0 saturated heterocycles. The summed E-state index contributed by atoms with van der Waals surface area (Å²) in [5.74, 6) is -1.39. The molecule has 156 valence electrons. The van der Waals surface area contributed by atoms with E-state index in [4.69, 9.17) is 44.6 Å². The lowest BCUT2D eigenvalue weighted by atomic mass is 9.98. The van der Waals surface area contributed by atoms with Gasteiger partial charge in [-0.3, -0.25) is 0 Å². The number of aliphatic carboxylic acids is 1. The van der Waals surface area contributed by atoms with Gasteiger partial charge in [0.05, 0.1) is 5.02 Å². The predicted molar refractivity (Wildman–Crippen MR) is 116 cm³/mol. The van der Waals surface area contributed by atoms with Gasteiger partial charge >= 0.3 is 5.97 Å². The molecule has 1 unspecified atom stereocenters. The predicted octanol–water partition coefficient (Wildman–Crippen LogP) is 6.60. The first-order valence-electron chi connectivity index (χ1n) is 8.80. The van der Waals surface area contributed by atoms with Gasteiger partial charge in [-0.2, -0.15) is 0 Å². The lowest BCUT2D eigenvalue weighted by Crippen LogP contribution is -2.22. The summed E-state index contributed by atoms with van der Waals surface area (Å²) >= 11 is 18.6. The van der Waals surface area contributed by atoms with E-state index >= 15 is 0 Å². The van der Waals surface area contributed by atoms with E-state index in [2.05, 4.69) is 0 Å². The van der Waals surface area contributed by atoms with Gasteiger partial charge in [-0.25, -0.2) is 9.18 Å². The number of halogens is 4. The summed E-state index contributed by atoms with van der Waals surface area (Å²) in [7, 11) is 0. The molecule has 4 nitrogen and oxygen atoms in total. The number of phenols is 1. The summed E-state index contributed by atoms with van der Waals surface area (Å²) in [5.41, 5.74) is 2.45. The molecule has 0 fully saturated rings. The van der Waals surface area contributed by atoms with Gasteiger partial charge in [-0.05, 0) is 60.0 Å². The number of carboxylic acid groups (broad SMARTS) is 1. The monoisotopic (exact) mass is 468 g/mol. The van der Waals surface area contributed by atoms with Crippen molar-refractivity contribution in [1.82, 2.24) is 0 Å². The summed E-state index contributed by atoms with van der Waals surface area (Å²) < 4.78 is 18.8. The normalized spacial score (nSPS) is 11.9. The van der Waals surface area contributed by atoms with Crippen LogP contribution >= 0.6 is 34.8 Å². The summed E-state index contributed by atoms with van der Waals surface area (Å²) in [4.78, 5) is 11.0. The van der Waals surface area contributed by atoms with Crippen LogP contribution in [0.25, 0.3) is 11.1 Å². The Kier molecular flexibility index (Phi) is 6.76. The van der Waals surface area contributed by atoms with Crippen LogP contribution in [-0.2, 0) is 11.2 Å². The molecule has 3 rings (SSSR count). The number of carbonyl (C=O) groups is 1. The van der Waals surface area contributed by atoms with Crippen LogP contribution in [0.5, 0.6) is 11.5 Å². The van der Waals surface area contributed by atoms with Crippen molar-refractivity contribution in [1.29, 1.82) is 0 Å². The first-order chi connectivity index (χ1) is 14.2. The van der Waals surface area contributed by atoms with Crippen LogP contribution in [0.3, 0.4) is 0 Å². The lowest BCUT2D eigenvalue weighted by molar-refractivity contribution is -0.144. The Labute approximate surface area is 187 Å². The van der Waals surface area contributed by atoms with Crippen LogP contribution in [0.15, 0.2) is 48.5 Å². The third-order valence-electron chi connectivity index (χ3n) is 4.45. The number of rotatable bonds is 6. The van der Waals surface area contributed by atoms with Crippen molar-refractivity contribution in [3.8, 4) is 22.6 Å². The summed E-state index contributed by atoms with van der Waals surface area (Å²) in [5, 5.41) is 19.8. The largest absolute Gasteiger partial charge is 0.507 e. The molecule has 0 heterocycles. The van der Waals surface area contributed by atoms with Gasteiger partial charge in [0, 0.05) is 22.0 Å². The molecule has 2 N–H and O–H groups in total. The van der Waals surface area contributed by atoms with Crippen molar-refractivity contribution in [2.24, 2.45) is 0 Å². The van der Waals surface area contributed by atoms with E-state index in [1.165, 1.54) is 43.3 Å². The maximum absolute atomic E-state index is 13.5. The van der Waals surface area contributed by atoms with Gasteiger partial charge in [0.2, 0.25) is 0 Å². The summed E-state index contributed by atoms with van der Waals surface area (Å²) in [6, 6.07) is 12.2. The molecule has 0 bridgehead atoms. The Balaban J connectivity index is 1.91. The quantitative estimate of drug-likeness (QED) is 0.427. The van der Waals surface area contributed by atoms with Gasteiger partial charge < -0.3 is 14.9 Å². The number of aromatic hydroxyl groups is 1. The second-order valence-electron chi connectivity index (χ2n) is 6.62. The molecule has 8 heteroatoms. The fraction of sp³-hybridized carbons (Fsp3) is 0.136. The second-order valence-corrected chi connectivity index (χ2v) is 7.84. The number of phenolic OH excluding ortho intramolecular Hbond substituents is 1. The van der Waals surface area contributed by atoms with Crippen LogP contribution in [0.2, 0.25) is 15.1 Å². The maximum atomic E-state index is 13.5. The van der Waals surface area contributed by atoms with Crippen molar-refractivity contribution in [2.75, 3.05) is 0 Å². The van der Waals surface area contributed by atoms with Gasteiger partial charge in [0.15, 0.2) is 6.10 Å². The highest BCUT2D eigenvalue weighted by Gasteiger charge is 2.16. The molecule has 0 saturated carbocycles. The van der Waals surface area contributed by atoms with E-state index in [0.717, 1.165) is 5.56 Å².